The Morgan fingerprint density at radius 2 is 1.81 bits per heavy atom. The largest absolute Gasteiger partial charge is 0.456 e. The topological polar surface area (TPSA) is 30.2 Å². The van der Waals surface area contributed by atoms with Crippen molar-refractivity contribution in [2.24, 2.45) is 0 Å². The van der Waals surface area contributed by atoms with Crippen LogP contribution in [0.1, 0.15) is 25.3 Å². The summed E-state index contributed by atoms with van der Waals surface area (Å²) in [6, 6.07) is 13.3. The first-order valence-corrected chi connectivity index (χ1v) is 6.89. The van der Waals surface area contributed by atoms with Gasteiger partial charge in [-0.3, -0.25) is 4.79 Å². The molecule has 2 aromatic carbocycles. The van der Waals surface area contributed by atoms with Gasteiger partial charge in [0.2, 0.25) is 0 Å². The van der Waals surface area contributed by atoms with Crippen LogP contribution in [0.2, 0.25) is 0 Å². The van der Waals surface area contributed by atoms with Crippen molar-refractivity contribution < 1.29 is 8.81 Å². The van der Waals surface area contributed by atoms with Crippen molar-refractivity contribution in [1.82, 2.24) is 0 Å². The van der Waals surface area contributed by atoms with Crippen LogP contribution in [0.25, 0.3) is 22.3 Å². The maximum atomic E-state index is 13.5. The van der Waals surface area contributed by atoms with E-state index in [-0.39, 0.29) is 17.2 Å². The molecule has 0 fully saturated rings. The molecule has 0 saturated carbocycles. The Hall–Kier alpha value is -2.42. The van der Waals surface area contributed by atoms with E-state index in [0.717, 1.165) is 0 Å². The van der Waals surface area contributed by atoms with Crippen molar-refractivity contribution in [2.75, 3.05) is 0 Å². The molecule has 0 aliphatic rings. The number of halogens is 1. The van der Waals surface area contributed by atoms with Gasteiger partial charge in [0.25, 0.3) is 0 Å². The van der Waals surface area contributed by atoms with Crippen LogP contribution in [0.5, 0.6) is 0 Å². The molecule has 0 spiro atoms. The molecule has 0 amide bonds. The molecule has 3 heteroatoms. The summed E-state index contributed by atoms with van der Waals surface area (Å²) < 4.78 is 19.4. The average molecular weight is 282 g/mol. The second-order valence-corrected chi connectivity index (χ2v) is 5.34. The summed E-state index contributed by atoms with van der Waals surface area (Å²) in [5.41, 5.74) is 1.64. The van der Waals surface area contributed by atoms with Crippen molar-refractivity contribution >= 4 is 11.0 Å². The lowest BCUT2D eigenvalue weighted by molar-refractivity contribution is 0.598. The van der Waals surface area contributed by atoms with Crippen LogP contribution in [-0.2, 0) is 0 Å². The van der Waals surface area contributed by atoms with E-state index in [4.69, 9.17) is 4.42 Å². The Morgan fingerprint density at radius 3 is 2.52 bits per heavy atom. The lowest BCUT2D eigenvalue weighted by Gasteiger charge is -2.12. The molecule has 0 aliphatic heterocycles. The van der Waals surface area contributed by atoms with E-state index in [9.17, 15) is 9.18 Å². The zero-order valence-electron chi connectivity index (χ0n) is 11.9. The Morgan fingerprint density at radius 1 is 1.05 bits per heavy atom. The zero-order chi connectivity index (χ0) is 15.0. The Balaban J connectivity index is 2.41. The zero-order valence-corrected chi connectivity index (χ0v) is 11.9. The Kier molecular flexibility index (Phi) is 3.34. The summed E-state index contributed by atoms with van der Waals surface area (Å²) in [4.78, 5) is 12.7. The molecule has 1 heterocycles. The van der Waals surface area contributed by atoms with E-state index in [1.165, 1.54) is 12.1 Å². The lowest BCUT2D eigenvalue weighted by atomic mass is 9.96. The van der Waals surface area contributed by atoms with Gasteiger partial charge in [0.05, 0.1) is 5.39 Å². The van der Waals surface area contributed by atoms with E-state index < -0.39 is 0 Å². The van der Waals surface area contributed by atoms with Crippen molar-refractivity contribution in [3.8, 4) is 11.3 Å². The van der Waals surface area contributed by atoms with E-state index in [1.54, 1.807) is 24.3 Å². The second kappa shape index (κ2) is 5.17. The fraction of sp³-hybridized carbons (Fsp3) is 0.167. The summed E-state index contributed by atoms with van der Waals surface area (Å²) in [6.45, 7) is 3.87. The van der Waals surface area contributed by atoms with Crippen LogP contribution in [0.3, 0.4) is 0 Å². The third kappa shape index (κ3) is 2.35. The van der Waals surface area contributed by atoms with Gasteiger partial charge in [-0.15, -0.1) is 0 Å². The standard InChI is InChI=1S/C18H15FO2/c1-11(2)16-17(20)14-8-3-4-9-15(14)21-18(16)12-6-5-7-13(19)10-12/h3-11H,1-2H3. The maximum absolute atomic E-state index is 13.5. The van der Waals surface area contributed by atoms with Crippen LogP contribution in [0, 0.1) is 5.82 Å². The van der Waals surface area contributed by atoms with E-state index in [2.05, 4.69) is 0 Å². The van der Waals surface area contributed by atoms with Crippen LogP contribution in [-0.4, -0.2) is 0 Å². The van der Waals surface area contributed by atoms with Crippen LogP contribution < -0.4 is 5.43 Å². The fourth-order valence-electron chi connectivity index (χ4n) is 2.52. The lowest BCUT2D eigenvalue weighted by Crippen LogP contribution is -2.12. The molecule has 2 nitrogen and oxygen atoms in total. The molecule has 106 valence electrons. The molecule has 0 bridgehead atoms. The Bertz CT molecular complexity index is 862. The molecule has 0 atom stereocenters. The summed E-state index contributed by atoms with van der Waals surface area (Å²) >= 11 is 0. The molecule has 3 rings (SSSR count). The van der Waals surface area contributed by atoms with Gasteiger partial charge in [0.1, 0.15) is 17.2 Å². The smallest absolute Gasteiger partial charge is 0.196 e. The van der Waals surface area contributed by atoms with Gasteiger partial charge in [-0.25, -0.2) is 4.39 Å². The minimum absolute atomic E-state index is 0.0101. The van der Waals surface area contributed by atoms with Crippen molar-refractivity contribution in [3.63, 3.8) is 0 Å². The number of hydrogen-bond acceptors (Lipinski definition) is 2. The van der Waals surface area contributed by atoms with Gasteiger partial charge in [0.15, 0.2) is 5.43 Å². The van der Waals surface area contributed by atoms with Crippen molar-refractivity contribution in [1.29, 1.82) is 0 Å². The highest BCUT2D eigenvalue weighted by molar-refractivity contribution is 5.80. The monoisotopic (exact) mass is 282 g/mol. The molecule has 3 aromatic rings. The fourth-order valence-corrected chi connectivity index (χ4v) is 2.52. The quantitative estimate of drug-likeness (QED) is 0.680. The normalized spacial score (nSPS) is 11.2. The summed E-state index contributed by atoms with van der Waals surface area (Å²) in [6.07, 6.45) is 0. The number of benzene rings is 2. The second-order valence-electron chi connectivity index (χ2n) is 5.34. The highest BCUT2D eigenvalue weighted by atomic mass is 19.1. The van der Waals surface area contributed by atoms with Crippen LogP contribution in [0.15, 0.2) is 57.7 Å². The molecule has 0 aliphatic carbocycles. The number of para-hydroxylation sites is 1. The van der Waals surface area contributed by atoms with Gasteiger partial charge < -0.3 is 4.42 Å². The van der Waals surface area contributed by atoms with Gasteiger partial charge >= 0.3 is 0 Å². The minimum atomic E-state index is -0.349. The Labute approximate surface area is 121 Å². The first kappa shape index (κ1) is 13.6. The SMILES string of the molecule is CC(C)c1c(-c2cccc(F)c2)oc2ccccc2c1=O. The first-order chi connectivity index (χ1) is 10.1. The molecule has 0 unspecified atom stereocenters. The highest BCUT2D eigenvalue weighted by Gasteiger charge is 2.18. The highest BCUT2D eigenvalue weighted by Crippen LogP contribution is 2.30. The van der Waals surface area contributed by atoms with Gasteiger partial charge in [-0.05, 0) is 30.2 Å². The van der Waals surface area contributed by atoms with Crippen LogP contribution in [0.4, 0.5) is 4.39 Å². The predicted molar refractivity (Wildman–Crippen MR) is 82.0 cm³/mol. The van der Waals surface area contributed by atoms with Gasteiger partial charge in [-0.2, -0.15) is 0 Å². The van der Waals surface area contributed by atoms with Crippen molar-refractivity contribution in [3.05, 3.63) is 70.1 Å². The molecule has 0 saturated heterocycles. The van der Waals surface area contributed by atoms with E-state index >= 15 is 0 Å². The number of rotatable bonds is 2. The molecule has 0 radical (unpaired) electrons. The third-order valence-electron chi connectivity index (χ3n) is 3.50. The summed E-state index contributed by atoms with van der Waals surface area (Å²) in [7, 11) is 0. The average Bonchev–Trinajstić information content (AvgIpc) is 2.46. The number of fused-ring (bicyclic) bond motifs is 1. The van der Waals surface area contributed by atoms with E-state index in [0.29, 0.717) is 27.9 Å². The van der Waals surface area contributed by atoms with Gasteiger partial charge in [0, 0.05) is 11.1 Å². The number of hydrogen-bond donors (Lipinski definition) is 0. The predicted octanol–water partition coefficient (Wildman–Crippen LogP) is 4.72. The molecule has 1 aromatic heterocycles. The molecular formula is C18H15FO2. The third-order valence-corrected chi connectivity index (χ3v) is 3.50. The molecule has 0 N–H and O–H groups in total. The molecular weight excluding hydrogens is 267 g/mol. The van der Waals surface area contributed by atoms with E-state index in [1.807, 2.05) is 26.0 Å². The maximum Gasteiger partial charge on any atom is 0.196 e. The van der Waals surface area contributed by atoms with Gasteiger partial charge in [-0.1, -0.05) is 38.1 Å². The molecule has 21 heavy (non-hydrogen) atoms. The van der Waals surface area contributed by atoms with Crippen molar-refractivity contribution in [2.45, 2.75) is 19.8 Å². The summed E-state index contributed by atoms with van der Waals surface area (Å²) in [5, 5.41) is 0.557. The summed E-state index contributed by atoms with van der Waals surface area (Å²) in [5.74, 6) is 0.0929. The minimum Gasteiger partial charge on any atom is -0.456 e. The first-order valence-electron chi connectivity index (χ1n) is 6.89. The van der Waals surface area contributed by atoms with Crippen LogP contribution >= 0.6 is 0 Å².